The molecule has 0 aromatic heterocycles. The molecule has 0 radical (unpaired) electrons. The van der Waals surface area contributed by atoms with Crippen molar-refractivity contribution in [2.45, 2.75) is 51.6 Å². The standard InChI is InChI=1S/C18H28N2/c1-2-10-19-11-9-15-3-5-16(6-4-15)13-20-14-17-7-8-18(20)12-17/h3-6,17-19H,2,7-14H2,1H3. The van der Waals surface area contributed by atoms with Gasteiger partial charge in [0.1, 0.15) is 0 Å². The van der Waals surface area contributed by atoms with Gasteiger partial charge in [-0.05, 0) is 62.2 Å². The molecular formula is C18H28N2. The van der Waals surface area contributed by atoms with E-state index < -0.39 is 0 Å². The lowest BCUT2D eigenvalue weighted by Gasteiger charge is -2.26. The summed E-state index contributed by atoms with van der Waals surface area (Å²) in [6.45, 7) is 6.95. The molecule has 1 aromatic carbocycles. The van der Waals surface area contributed by atoms with Crippen LogP contribution in [0, 0.1) is 5.92 Å². The lowest BCUT2D eigenvalue weighted by Crippen LogP contribution is -2.31. The zero-order chi connectivity index (χ0) is 13.8. The lowest BCUT2D eigenvalue weighted by molar-refractivity contribution is 0.205. The fourth-order valence-corrected chi connectivity index (χ4v) is 3.80. The quantitative estimate of drug-likeness (QED) is 0.767. The Bertz CT molecular complexity index is 412. The van der Waals surface area contributed by atoms with Crippen LogP contribution in [0.2, 0.25) is 0 Å². The van der Waals surface area contributed by atoms with Crippen molar-refractivity contribution in [3.63, 3.8) is 0 Å². The summed E-state index contributed by atoms with van der Waals surface area (Å²) in [4.78, 5) is 2.70. The molecule has 20 heavy (non-hydrogen) atoms. The van der Waals surface area contributed by atoms with E-state index in [4.69, 9.17) is 0 Å². The Morgan fingerprint density at radius 3 is 2.55 bits per heavy atom. The Morgan fingerprint density at radius 1 is 1.10 bits per heavy atom. The highest BCUT2D eigenvalue weighted by Gasteiger charge is 2.37. The summed E-state index contributed by atoms with van der Waals surface area (Å²) in [6, 6.07) is 10.2. The highest BCUT2D eigenvalue weighted by atomic mass is 15.2. The normalized spacial score (nSPS) is 25.4. The first-order valence-electron chi connectivity index (χ1n) is 8.37. The van der Waals surface area contributed by atoms with Crippen LogP contribution in [0.15, 0.2) is 24.3 Å². The van der Waals surface area contributed by atoms with Crippen LogP contribution in [0.4, 0.5) is 0 Å². The summed E-state index contributed by atoms with van der Waals surface area (Å²) >= 11 is 0. The van der Waals surface area contributed by atoms with Gasteiger partial charge >= 0.3 is 0 Å². The van der Waals surface area contributed by atoms with Crippen molar-refractivity contribution < 1.29 is 0 Å². The van der Waals surface area contributed by atoms with Gasteiger partial charge in [-0.2, -0.15) is 0 Å². The van der Waals surface area contributed by atoms with Gasteiger partial charge in [-0.3, -0.25) is 4.90 Å². The van der Waals surface area contributed by atoms with E-state index in [1.807, 2.05) is 0 Å². The predicted octanol–water partition coefficient (Wildman–Crippen LogP) is 3.21. The number of piperidine rings is 1. The van der Waals surface area contributed by atoms with Crippen molar-refractivity contribution in [1.82, 2.24) is 10.2 Å². The number of rotatable bonds is 7. The first-order chi connectivity index (χ1) is 9.85. The maximum atomic E-state index is 3.47. The van der Waals surface area contributed by atoms with Crippen LogP contribution < -0.4 is 5.32 Å². The summed E-state index contributed by atoms with van der Waals surface area (Å²) < 4.78 is 0. The molecule has 1 aliphatic carbocycles. The van der Waals surface area contributed by atoms with E-state index in [1.54, 1.807) is 0 Å². The van der Waals surface area contributed by atoms with Gasteiger partial charge in [0.25, 0.3) is 0 Å². The molecule has 0 spiro atoms. The smallest absolute Gasteiger partial charge is 0.0236 e. The van der Waals surface area contributed by atoms with E-state index in [0.29, 0.717) is 0 Å². The Kier molecular flexibility index (Phi) is 4.74. The van der Waals surface area contributed by atoms with Gasteiger partial charge in [-0.15, -0.1) is 0 Å². The zero-order valence-electron chi connectivity index (χ0n) is 12.8. The van der Waals surface area contributed by atoms with E-state index in [2.05, 4.69) is 41.4 Å². The average Bonchev–Trinajstić information content (AvgIpc) is 3.08. The lowest BCUT2D eigenvalue weighted by atomic mass is 10.1. The van der Waals surface area contributed by atoms with E-state index in [9.17, 15) is 0 Å². The Balaban J connectivity index is 1.46. The number of nitrogens with zero attached hydrogens (tertiary/aromatic N) is 1. The van der Waals surface area contributed by atoms with Gasteiger partial charge in [-0.1, -0.05) is 31.2 Å². The molecule has 1 heterocycles. The Labute approximate surface area is 123 Å². The van der Waals surface area contributed by atoms with E-state index in [1.165, 1.54) is 43.4 Å². The van der Waals surface area contributed by atoms with Gasteiger partial charge in [0.05, 0.1) is 0 Å². The molecule has 3 rings (SSSR count). The first-order valence-corrected chi connectivity index (χ1v) is 8.37. The number of nitrogens with one attached hydrogen (secondary N) is 1. The van der Waals surface area contributed by atoms with Crippen LogP contribution in [0.25, 0.3) is 0 Å². The van der Waals surface area contributed by atoms with Gasteiger partial charge in [0, 0.05) is 19.1 Å². The fraction of sp³-hybridized carbons (Fsp3) is 0.667. The second-order valence-electron chi connectivity index (χ2n) is 6.58. The third-order valence-corrected chi connectivity index (χ3v) is 4.95. The van der Waals surface area contributed by atoms with Crippen molar-refractivity contribution in [3.8, 4) is 0 Å². The molecule has 1 saturated carbocycles. The number of benzene rings is 1. The van der Waals surface area contributed by atoms with Crippen LogP contribution in [-0.4, -0.2) is 30.6 Å². The highest BCUT2D eigenvalue weighted by Crippen LogP contribution is 2.38. The minimum absolute atomic E-state index is 0.887. The topological polar surface area (TPSA) is 15.3 Å². The molecule has 1 saturated heterocycles. The third-order valence-electron chi connectivity index (χ3n) is 4.95. The highest BCUT2D eigenvalue weighted by molar-refractivity contribution is 5.23. The minimum Gasteiger partial charge on any atom is -0.316 e. The first kappa shape index (κ1) is 14.1. The molecule has 0 amide bonds. The van der Waals surface area contributed by atoms with Crippen molar-refractivity contribution in [3.05, 3.63) is 35.4 Å². The summed E-state index contributed by atoms with van der Waals surface area (Å²) in [5.74, 6) is 1.00. The number of fused-ring (bicyclic) bond motifs is 2. The maximum absolute atomic E-state index is 3.47. The largest absolute Gasteiger partial charge is 0.316 e. The second kappa shape index (κ2) is 6.73. The molecular weight excluding hydrogens is 244 g/mol. The van der Waals surface area contributed by atoms with Crippen molar-refractivity contribution >= 4 is 0 Å². The molecule has 2 atom stereocenters. The van der Waals surface area contributed by atoms with Crippen LogP contribution in [-0.2, 0) is 13.0 Å². The molecule has 1 aromatic rings. The van der Waals surface area contributed by atoms with Gasteiger partial charge < -0.3 is 5.32 Å². The van der Waals surface area contributed by atoms with E-state index in [0.717, 1.165) is 38.0 Å². The molecule has 2 heteroatoms. The summed E-state index contributed by atoms with van der Waals surface area (Å²) in [6.07, 6.45) is 6.74. The number of hydrogen-bond donors (Lipinski definition) is 1. The van der Waals surface area contributed by atoms with Gasteiger partial charge in [0.15, 0.2) is 0 Å². The summed E-state index contributed by atoms with van der Waals surface area (Å²) in [5, 5.41) is 3.47. The van der Waals surface area contributed by atoms with Crippen molar-refractivity contribution in [2.24, 2.45) is 5.92 Å². The van der Waals surface area contributed by atoms with Crippen LogP contribution >= 0.6 is 0 Å². The van der Waals surface area contributed by atoms with Gasteiger partial charge in [-0.25, -0.2) is 0 Å². The zero-order valence-corrected chi connectivity index (χ0v) is 12.8. The van der Waals surface area contributed by atoms with E-state index >= 15 is 0 Å². The molecule has 110 valence electrons. The molecule has 1 aliphatic heterocycles. The second-order valence-corrected chi connectivity index (χ2v) is 6.58. The van der Waals surface area contributed by atoms with Gasteiger partial charge in [0.2, 0.25) is 0 Å². The van der Waals surface area contributed by atoms with Crippen molar-refractivity contribution in [2.75, 3.05) is 19.6 Å². The van der Waals surface area contributed by atoms with Crippen molar-refractivity contribution in [1.29, 1.82) is 0 Å². The summed E-state index contributed by atoms with van der Waals surface area (Å²) in [7, 11) is 0. The number of likely N-dealkylation sites (tertiary alicyclic amines) is 1. The molecule has 1 N–H and O–H groups in total. The molecule has 2 unspecified atom stereocenters. The average molecular weight is 272 g/mol. The maximum Gasteiger partial charge on any atom is 0.0236 e. The Hall–Kier alpha value is -0.860. The number of hydrogen-bond acceptors (Lipinski definition) is 2. The van der Waals surface area contributed by atoms with Crippen LogP contribution in [0.5, 0.6) is 0 Å². The van der Waals surface area contributed by atoms with E-state index in [-0.39, 0.29) is 0 Å². The predicted molar refractivity (Wildman–Crippen MR) is 84.8 cm³/mol. The molecule has 2 fully saturated rings. The molecule has 2 aliphatic rings. The molecule has 2 nitrogen and oxygen atoms in total. The fourth-order valence-electron chi connectivity index (χ4n) is 3.80. The van der Waals surface area contributed by atoms with Crippen LogP contribution in [0.1, 0.15) is 43.7 Å². The minimum atomic E-state index is 0.887. The Morgan fingerprint density at radius 2 is 1.90 bits per heavy atom. The van der Waals surface area contributed by atoms with Crippen LogP contribution in [0.3, 0.4) is 0 Å². The molecule has 2 bridgehead atoms. The monoisotopic (exact) mass is 272 g/mol. The summed E-state index contributed by atoms with van der Waals surface area (Å²) in [5.41, 5.74) is 2.95. The third kappa shape index (κ3) is 3.42. The SMILES string of the molecule is CCCNCCc1ccc(CN2CC3CCC2C3)cc1.